The Morgan fingerprint density at radius 2 is 1.03 bits per heavy atom. The molecule has 0 atom stereocenters. The zero-order chi connectivity index (χ0) is 25.8. The SMILES string of the molecule is c1ccc(N(c2ccc3c(c2)[se]c2ccccc23)c2ccc3c(c2)c2ccccc2n3-c2ccccc2)cc1. The van der Waals surface area contributed by atoms with Gasteiger partial charge in [0.15, 0.2) is 0 Å². The van der Waals surface area contributed by atoms with Gasteiger partial charge >= 0.3 is 227 Å². The topological polar surface area (TPSA) is 8.17 Å². The Morgan fingerprint density at radius 1 is 0.410 bits per heavy atom. The monoisotopic (exact) mass is 564 g/mol. The summed E-state index contributed by atoms with van der Waals surface area (Å²) in [6.07, 6.45) is 0. The van der Waals surface area contributed by atoms with E-state index in [0.29, 0.717) is 14.5 Å². The van der Waals surface area contributed by atoms with E-state index in [0.717, 1.165) is 11.4 Å². The van der Waals surface area contributed by atoms with Crippen LogP contribution in [0.15, 0.2) is 146 Å². The zero-order valence-electron chi connectivity index (χ0n) is 21.2. The molecule has 2 aromatic heterocycles. The van der Waals surface area contributed by atoms with Crippen molar-refractivity contribution in [3.05, 3.63) is 146 Å². The molecule has 6 aromatic carbocycles. The van der Waals surface area contributed by atoms with Crippen LogP contribution in [0.5, 0.6) is 0 Å². The summed E-state index contributed by atoms with van der Waals surface area (Å²) in [4.78, 5) is 2.40. The van der Waals surface area contributed by atoms with E-state index in [1.807, 2.05) is 0 Å². The summed E-state index contributed by atoms with van der Waals surface area (Å²) in [7, 11) is 0. The normalized spacial score (nSPS) is 11.6. The minimum absolute atomic E-state index is 0.317. The van der Waals surface area contributed by atoms with E-state index in [9.17, 15) is 0 Å². The predicted molar refractivity (Wildman–Crippen MR) is 167 cm³/mol. The molecule has 0 N–H and O–H groups in total. The average molecular weight is 564 g/mol. The molecule has 0 amide bonds. The van der Waals surface area contributed by atoms with Crippen molar-refractivity contribution < 1.29 is 0 Å². The number of anilines is 3. The number of nitrogens with zero attached hydrogens (tertiary/aromatic N) is 2. The Bertz CT molecular complexity index is 2120. The summed E-state index contributed by atoms with van der Waals surface area (Å²) < 4.78 is 5.29. The van der Waals surface area contributed by atoms with Gasteiger partial charge in [-0.05, 0) is 0 Å². The van der Waals surface area contributed by atoms with Crippen LogP contribution in [0.25, 0.3) is 46.8 Å². The molecule has 0 saturated heterocycles. The van der Waals surface area contributed by atoms with Gasteiger partial charge in [0.2, 0.25) is 0 Å². The van der Waals surface area contributed by atoms with Crippen LogP contribution in [0.2, 0.25) is 0 Å². The summed E-state index contributed by atoms with van der Waals surface area (Å²) in [6.45, 7) is 0. The predicted octanol–water partition coefficient (Wildman–Crippen LogP) is 9.62. The molecule has 2 nitrogen and oxygen atoms in total. The van der Waals surface area contributed by atoms with Gasteiger partial charge in [-0.1, -0.05) is 6.07 Å². The molecule has 0 aliphatic carbocycles. The molecule has 2 heterocycles. The van der Waals surface area contributed by atoms with Gasteiger partial charge in [0, 0.05) is 0 Å². The fourth-order valence-electron chi connectivity index (χ4n) is 5.83. The molecule has 8 aromatic rings. The van der Waals surface area contributed by atoms with Crippen molar-refractivity contribution >= 4 is 72.7 Å². The van der Waals surface area contributed by atoms with Gasteiger partial charge in [0.1, 0.15) is 0 Å². The van der Waals surface area contributed by atoms with Crippen molar-refractivity contribution in [3.8, 4) is 5.69 Å². The van der Waals surface area contributed by atoms with Crippen molar-refractivity contribution in [2.45, 2.75) is 0 Å². The van der Waals surface area contributed by atoms with Gasteiger partial charge in [-0.2, -0.15) is 0 Å². The molecule has 8 rings (SSSR count). The Kier molecular flexibility index (Phi) is 5.19. The van der Waals surface area contributed by atoms with Crippen molar-refractivity contribution in [2.75, 3.05) is 4.90 Å². The Balaban J connectivity index is 1.37. The number of hydrogen-bond donors (Lipinski definition) is 0. The molecule has 0 fully saturated rings. The van der Waals surface area contributed by atoms with E-state index in [2.05, 4.69) is 155 Å². The first-order valence-corrected chi connectivity index (χ1v) is 14.9. The summed E-state index contributed by atoms with van der Waals surface area (Å²) >= 11 is 0.317. The number of aromatic nitrogens is 1. The second-order valence-electron chi connectivity index (χ2n) is 9.84. The number of hydrogen-bond acceptors (Lipinski definition) is 1. The van der Waals surface area contributed by atoms with Crippen LogP contribution in [0.1, 0.15) is 0 Å². The van der Waals surface area contributed by atoms with Gasteiger partial charge in [-0.15, -0.1) is 0 Å². The number of para-hydroxylation sites is 3. The first-order valence-electron chi connectivity index (χ1n) is 13.2. The van der Waals surface area contributed by atoms with Gasteiger partial charge < -0.3 is 0 Å². The van der Waals surface area contributed by atoms with E-state index in [-0.39, 0.29) is 0 Å². The summed E-state index contributed by atoms with van der Waals surface area (Å²) in [5.74, 6) is 0. The molecule has 0 aliphatic rings. The third kappa shape index (κ3) is 3.63. The molecule has 39 heavy (non-hydrogen) atoms. The van der Waals surface area contributed by atoms with Crippen LogP contribution < -0.4 is 4.90 Å². The van der Waals surface area contributed by atoms with E-state index >= 15 is 0 Å². The Hall–Kier alpha value is -4.56. The van der Waals surface area contributed by atoms with Crippen LogP contribution in [0.4, 0.5) is 17.1 Å². The standard InChI is InChI=1S/C36H24N2Se/c1-3-11-25(12-4-1)37(28-19-21-31-30-16-8-10-18-35(30)39-36(31)24-28)27-20-22-34-32(23-27)29-15-7-9-17-33(29)38(34)26-13-5-2-6-14-26/h1-24H. The summed E-state index contributed by atoms with van der Waals surface area (Å²) in [5.41, 5.74) is 7.13. The van der Waals surface area contributed by atoms with Crippen LogP contribution in [0.3, 0.4) is 0 Å². The molecule has 0 bridgehead atoms. The van der Waals surface area contributed by atoms with Crippen molar-refractivity contribution in [1.82, 2.24) is 4.57 Å². The molecule has 0 saturated carbocycles. The first kappa shape index (κ1) is 22.4. The van der Waals surface area contributed by atoms with E-state index in [1.165, 1.54) is 52.5 Å². The van der Waals surface area contributed by atoms with Gasteiger partial charge in [-0.25, -0.2) is 0 Å². The number of benzene rings is 6. The van der Waals surface area contributed by atoms with E-state index in [4.69, 9.17) is 0 Å². The molecule has 0 unspecified atom stereocenters. The molecule has 0 spiro atoms. The number of rotatable bonds is 4. The van der Waals surface area contributed by atoms with Gasteiger partial charge in [0.05, 0.1) is 0 Å². The third-order valence-corrected chi connectivity index (χ3v) is 9.94. The maximum absolute atomic E-state index is 2.40. The molecular formula is C36H24N2Se. The first-order chi connectivity index (χ1) is 19.3. The fraction of sp³-hybridized carbons (Fsp3) is 0. The molecule has 0 radical (unpaired) electrons. The third-order valence-electron chi connectivity index (χ3n) is 7.56. The Labute approximate surface area is 232 Å². The van der Waals surface area contributed by atoms with E-state index in [1.54, 1.807) is 0 Å². The van der Waals surface area contributed by atoms with Crippen LogP contribution >= 0.6 is 0 Å². The zero-order valence-corrected chi connectivity index (χ0v) is 22.9. The summed E-state index contributed by atoms with van der Waals surface area (Å²) in [6, 6.07) is 52.8. The average Bonchev–Trinajstić information content (AvgIpc) is 3.53. The van der Waals surface area contributed by atoms with Crippen LogP contribution in [0, 0.1) is 0 Å². The maximum atomic E-state index is 2.40. The van der Waals surface area contributed by atoms with Crippen LogP contribution in [-0.4, -0.2) is 19.1 Å². The van der Waals surface area contributed by atoms with Crippen molar-refractivity contribution in [1.29, 1.82) is 0 Å². The summed E-state index contributed by atoms with van der Waals surface area (Å²) in [5, 5.41) is 5.29. The van der Waals surface area contributed by atoms with Gasteiger partial charge in [0.25, 0.3) is 0 Å². The molecule has 0 aliphatic heterocycles. The fourth-order valence-corrected chi connectivity index (χ4v) is 8.22. The minimum atomic E-state index is 0.317. The molecule has 184 valence electrons. The number of fused-ring (bicyclic) bond motifs is 6. The second-order valence-corrected chi connectivity index (χ2v) is 12.1. The van der Waals surface area contributed by atoms with Crippen molar-refractivity contribution in [2.24, 2.45) is 0 Å². The van der Waals surface area contributed by atoms with Crippen LogP contribution in [-0.2, 0) is 0 Å². The molecule has 3 heteroatoms. The molecular weight excluding hydrogens is 539 g/mol. The Morgan fingerprint density at radius 3 is 1.87 bits per heavy atom. The van der Waals surface area contributed by atoms with Crippen molar-refractivity contribution in [3.63, 3.8) is 0 Å². The second kappa shape index (κ2) is 9.03. The van der Waals surface area contributed by atoms with E-state index < -0.39 is 0 Å². The van der Waals surface area contributed by atoms with Gasteiger partial charge in [-0.3, -0.25) is 0 Å². The quantitative estimate of drug-likeness (QED) is 0.194.